The molecule has 354 valence electrons. The van der Waals surface area contributed by atoms with Crippen LogP contribution in [0.5, 0.6) is 11.8 Å². The van der Waals surface area contributed by atoms with E-state index in [0.29, 0.717) is 60.0 Å². The van der Waals surface area contributed by atoms with Gasteiger partial charge in [-0.1, -0.05) is 25.1 Å². The van der Waals surface area contributed by atoms with E-state index in [4.69, 9.17) is 19.7 Å². The van der Waals surface area contributed by atoms with Crippen LogP contribution in [0.2, 0.25) is 0 Å². The van der Waals surface area contributed by atoms with Gasteiger partial charge in [-0.15, -0.1) is 0 Å². The van der Waals surface area contributed by atoms with Crippen LogP contribution >= 0.6 is 0 Å². The third-order valence-electron chi connectivity index (χ3n) is 16.1. The Balaban J connectivity index is 0.697. The number of rotatable bonds is 11. The molecule has 3 unspecified atom stereocenters. The molecule has 2 bridgehead atoms. The number of likely N-dealkylation sites (tertiary alicyclic amines) is 1. The second-order valence-corrected chi connectivity index (χ2v) is 20.5. The smallest absolute Gasteiger partial charge is 0.319 e. The summed E-state index contributed by atoms with van der Waals surface area (Å²) >= 11 is 0. The van der Waals surface area contributed by atoms with Gasteiger partial charge in [0.2, 0.25) is 11.8 Å². The van der Waals surface area contributed by atoms with Gasteiger partial charge in [-0.25, -0.2) is 4.39 Å². The largest absolute Gasteiger partial charge is 0.508 e. The fourth-order valence-electron chi connectivity index (χ4n) is 12.2. The second-order valence-electron chi connectivity index (χ2n) is 20.5. The Kier molecular flexibility index (Phi) is 11.0. The van der Waals surface area contributed by atoms with E-state index in [1.807, 2.05) is 30.3 Å². The number of piperidine rings is 2. The number of aromatic hydroxyl groups is 1. The van der Waals surface area contributed by atoms with Gasteiger partial charge in [-0.3, -0.25) is 29.6 Å². The van der Waals surface area contributed by atoms with E-state index in [1.165, 1.54) is 0 Å². The fourth-order valence-corrected chi connectivity index (χ4v) is 12.2. The van der Waals surface area contributed by atoms with E-state index in [-0.39, 0.29) is 52.5 Å². The number of fused-ring (bicyclic) bond motifs is 5. The first-order valence-corrected chi connectivity index (χ1v) is 24.8. The van der Waals surface area contributed by atoms with E-state index in [9.17, 15) is 19.5 Å². The van der Waals surface area contributed by atoms with Crippen molar-refractivity contribution < 1.29 is 28.6 Å². The lowest BCUT2D eigenvalue weighted by Gasteiger charge is -2.44. The number of carbonyl (C=O) groups excluding carboxylic acids is 3. The van der Waals surface area contributed by atoms with Crippen molar-refractivity contribution in [3.63, 3.8) is 0 Å². The number of amides is 3. The zero-order valence-electron chi connectivity index (χ0n) is 38.7. The van der Waals surface area contributed by atoms with Crippen molar-refractivity contribution in [1.82, 2.24) is 40.3 Å². The third-order valence-corrected chi connectivity index (χ3v) is 16.1. The van der Waals surface area contributed by atoms with Gasteiger partial charge in [0.15, 0.2) is 5.82 Å². The number of phenolic OH excluding ortho intramolecular Hbond substituents is 1. The maximum atomic E-state index is 17.2. The molecule has 5 aromatic rings. The first kappa shape index (κ1) is 43.3. The molecule has 15 nitrogen and oxygen atoms in total. The number of anilines is 2. The average Bonchev–Trinajstić information content (AvgIpc) is 3.93. The Hall–Kier alpha value is -5.97. The van der Waals surface area contributed by atoms with E-state index >= 15 is 4.39 Å². The molecule has 6 fully saturated rings. The molecule has 3 atom stereocenters. The molecule has 0 radical (unpaired) electrons. The predicted molar refractivity (Wildman–Crippen MR) is 256 cm³/mol. The van der Waals surface area contributed by atoms with Gasteiger partial charge < -0.3 is 34.8 Å². The monoisotopic (exact) mass is 922 g/mol. The zero-order chi connectivity index (χ0) is 46.3. The van der Waals surface area contributed by atoms with E-state index in [2.05, 4.69) is 43.2 Å². The molecule has 0 spiro atoms. The Morgan fingerprint density at radius 2 is 1.68 bits per heavy atom. The summed E-state index contributed by atoms with van der Waals surface area (Å²) in [7, 11) is 0. The van der Waals surface area contributed by atoms with Crippen LogP contribution in [0.1, 0.15) is 79.8 Å². The maximum absolute atomic E-state index is 17.2. The van der Waals surface area contributed by atoms with Gasteiger partial charge in [-0.2, -0.15) is 9.97 Å². The highest BCUT2D eigenvalue weighted by molar-refractivity contribution is 6.06. The van der Waals surface area contributed by atoms with Gasteiger partial charge in [0.1, 0.15) is 28.8 Å². The molecule has 7 aliphatic rings. The molecule has 5 saturated heterocycles. The number of hydrogen-bond donors (Lipinski definition) is 3. The number of nitrogens with one attached hydrogen (secondary N) is 2. The molecule has 1 saturated carbocycles. The molecule has 68 heavy (non-hydrogen) atoms. The Morgan fingerprint density at radius 3 is 2.43 bits per heavy atom. The molecule has 3 N–H and O–H groups in total. The summed E-state index contributed by atoms with van der Waals surface area (Å²) in [4.78, 5) is 63.6. The number of imide groups is 1. The van der Waals surface area contributed by atoms with Crippen molar-refractivity contribution in [2.24, 2.45) is 5.41 Å². The molecule has 3 amide bonds. The van der Waals surface area contributed by atoms with E-state index in [0.717, 1.165) is 131 Å². The van der Waals surface area contributed by atoms with Crippen LogP contribution in [0.3, 0.4) is 0 Å². The van der Waals surface area contributed by atoms with Crippen molar-refractivity contribution in [1.29, 1.82) is 0 Å². The van der Waals surface area contributed by atoms with Crippen molar-refractivity contribution in [2.45, 2.75) is 95.4 Å². The topological polar surface area (TPSA) is 160 Å². The molecule has 8 heterocycles. The molecule has 3 aromatic carbocycles. The first-order chi connectivity index (χ1) is 33.1. The van der Waals surface area contributed by atoms with Crippen LogP contribution in [0.25, 0.3) is 32.9 Å². The molecular weight excluding hydrogens is 864 g/mol. The summed E-state index contributed by atoms with van der Waals surface area (Å²) in [5.74, 6) is -0.637. The number of phenols is 1. The molecule has 6 aliphatic heterocycles. The van der Waals surface area contributed by atoms with Crippen LogP contribution in [0.15, 0.2) is 54.7 Å². The minimum Gasteiger partial charge on any atom is -0.508 e. The molecule has 16 heteroatoms. The van der Waals surface area contributed by atoms with Crippen molar-refractivity contribution in [3.05, 3.63) is 77.2 Å². The van der Waals surface area contributed by atoms with Crippen molar-refractivity contribution in [3.8, 4) is 23.0 Å². The number of aryl methyl sites for hydroxylation is 1. The number of pyridine rings is 1. The van der Waals surface area contributed by atoms with Crippen molar-refractivity contribution in [2.75, 3.05) is 75.3 Å². The zero-order valence-corrected chi connectivity index (χ0v) is 38.7. The highest BCUT2D eigenvalue weighted by atomic mass is 19.1. The van der Waals surface area contributed by atoms with E-state index in [1.54, 1.807) is 23.2 Å². The van der Waals surface area contributed by atoms with Gasteiger partial charge in [0.05, 0.1) is 12.0 Å². The number of nitrogens with zero attached hydrogens (tertiary/aromatic N) is 8. The summed E-state index contributed by atoms with van der Waals surface area (Å²) < 4.78 is 23.7. The minimum absolute atomic E-state index is 0.00342. The number of benzene rings is 3. The van der Waals surface area contributed by atoms with Crippen LogP contribution in [-0.2, 0) is 22.6 Å². The van der Waals surface area contributed by atoms with Gasteiger partial charge in [0, 0.05) is 105 Å². The number of carbonyl (C=O) groups is 3. The Morgan fingerprint density at radius 1 is 0.882 bits per heavy atom. The van der Waals surface area contributed by atoms with Crippen LogP contribution in [0, 0.1) is 11.2 Å². The number of ether oxygens (including phenoxy) is 1. The van der Waals surface area contributed by atoms with E-state index < -0.39 is 11.9 Å². The normalized spacial score (nSPS) is 24.3. The summed E-state index contributed by atoms with van der Waals surface area (Å²) in [5.41, 5.74) is 4.62. The SMILES string of the molecule is CCc1cccc2cc(O)cc(-c3ncc4c(N5CC6CCC(C5)N6)nc(OCC5(CN6CCC(N7CCN(c8ccc9c(c8)CN(C8CCC(=O)NC8=O)C9=O)CC7)CC6)CC5)nc4c3F)c12. The summed E-state index contributed by atoms with van der Waals surface area (Å²) in [6, 6.07) is 16.1. The summed E-state index contributed by atoms with van der Waals surface area (Å²) in [6.07, 6.45) is 9.61. The van der Waals surface area contributed by atoms with Crippen LogP contribution in [0.4, 0.5) is 15.9 Å². The van der Waals surface area contributed by atoms with Crippen LogP contribution < -0.4 is 25.2 Å². The predicted octanol–water partition coefficient (Wildman–Crippen LogP) is 5.40. The molecule has 12 rings (SSSR count). The lowest BCUT2D eigenvalue weighted by atomic mass is 9.95. The lowest BCUT2D eigenvalue weighted by molar-refractivity contribution is -0.136. The molecular formula is C52H59FN10O5. The summed E-state index contributed by atoms with van der Waals surface area (Å²) in [6.45, 7) is 11.2. The second kappa shape index (κ2) is 17.2. The highest BCUT2D eigenvalue weighted by Crippen LogP contribution is 2.47. The maximum Gasteiger partial charge on any atom is 0.319 e. The first-order valence-electron chi connectivity index (χ1n) is 24.8. The number of aromatic nitrogens is 3. The number of halogens is 1. The quantitative estimate of drug-likeness (QED) is 0.145. The average molecular weight is 923 g/mol. The molecule has 2 aromatic heterocycles. The van der Waals surface area contributed by atoms with Crippen LogP contribution in [-0.4, -0.2) is 142 Å². The fraction of sp³-hybridized carbons (Fsp3) is 0.500. The molecule has 1 aliphatic carbocycles. The van der Waals surface area contributed by atoms with Gasteiger partial charge in [-0.05, 0) is 117 Å². The number of hydrogen-bond acceptors (Lipinski definition) is 13. The highest BCUT2D eigenvalue weighted by Gasteiger charge is 2.46. The Labute approximate surface area is 395 Å². The lowest BCUT2D eigenvalue weighted by Crippen LogP contribution is -2.53. The van der Waals surface area contributed by atoms with Crippen molar-refractivity contribution >= 4 is 50.9 Å². The third kappa shape index (κ3) is 7.97. The Bertz CT molecular complexity index is 2830. The minimum atomic E-state index is -0.611. The van der Waals surface area contributed by atoms with Gasteiger partial charge in [0.25, 0.3) is 5.91 Å². The van der Waals surface area contributed by atoms with Gasteiger partial charge >= 0.3 is 6.01 Å². The summed E-state index contributed by atoms with van der Waals surface area (Å²) in [5, 5.41) is 19.1. The standard InChI is InChI=1S/C52H59FN10O5/c1-2-31-4-3-5-32-23-38(64)24-40(44(31)32)46-45(53)47-41(25-54-46)48(62-27-34-6-7-35(28-62)55-34)58-51(57-47)68-30-52(14-15-52)29-59-16-12-36(13-17-59)60-18-20-61(21-19-60)37-8-9-39-33(22-37)26-63(50(39)67)42-10-11-43(65)56-49(42)66/h3-5,8-9,22-25,34-36,42,55,64H,2,6-7,10-21,26-30H2,1H3,(H,56,65,66). The number of piperazine rings is 2.